The van der Waals surface area contributed by atoms with Crippen LogP contribution >= 0.6 is 23.4 Å². The third kappa shape index (κ3) is 5.09. The molecule has 2 amide bonds. The van der Waals surface area contributed by atoms with Crippen molar-refractivity contribution in [3.8, 4) is 0 Å². The fourth-order valence-electron chi connectivity index (χ4n) is 3.04. The highest BCUT2D eigenvalue weighted by Gasteiger charge is 2.10. The van der Waals surface area contributed by atoms with Crippen LogP contribution in [0, 0.1) is 12.7 Å². The van der Waals surface area contributed by atoms with E-state index in [4.69, 9.17) is 11.6 Å². The molecule has 2 aromatic carbocycles. The van der Waals surface area contributed by atoms with Crippen molar-refractivity contribution in [2.75, 3.05) is 10.6 Å². The standard InChI is InChI=1S/C23H18ClFN4O2S/c1-14-6-9-21-26-16(11-22(30)29(21)12-14)13-32-20-5-3-2-4-19(20)28-23(31)27-15-7-8-18(25)17(24)10-15/h2-12H,13H2,1H3,(H2,27,28,31). The molecule has 32 heavy (non-hydrogen) atoms. The highest BCUT2D eigenvalue weighted by molar-refractivity contribution is 7.98. The van der Waals surface area contributed by atoms with Crippen LogP contribution in [0.4, 0.5) is 20.6 Å². The summed E-state index contributed by atoms with van der Waals surface area (Å²) in [7, 11) is 0. The average molecular weight is 469 g/mol. The Morgan fingerprint density at radius 3 is 2.75 bits per heavy atom. The topological polar surface area (TPSA) is 75.5 Å². The number of carbonyl (C=O) groups excluding carboxylic acids is 1. The van der Waals surface area contributed by atoms with Gasteiger partial charge in [-0.05, 0) is 48.9 Å². The molecule has 2 N–H and O–H groups in total. The number of carbonyl (C=O) groups is 1. The molecule has 2 aromatic heterocycles. The second-order valence-corrected chi connectivity index (χ2v) is 8.44. The Balaban J connectivity index is 1.47. The van der Waals surface area contributed by atoms with Gasteiger partial charge in [0.2, 0.25) is 0 Å². The van der Waals surface area contributed by atoms with E-state index in [0.29, 0.717) is 28.5 Å². The zero-order valence-corrected chi connectivity index (χ0v) is 18.5. The first-order valence-electron chi connectivity index (χ1n) is 9.63. The maximum absolute atomic E-state index is 13.3. The number of aryl methyl sites for hydroxylation is 1. The number of aromatic nitrogens is 2. The number of halogens is 2. The summed E-state index contributed by atoms with van der Waals surface area (Å²) in [6.07, 6.45) is 1.76. The maximum atomic E-state index is 13.3. The first-order chi connectivity index (χ1) is 15.4. The highest BCUT2D eigenvalue weighted by Crippen LogP contribution is 2.29. The number of para-hydroxylation sites is 1. The molecule has 0 saturated heterocycles. The molecular weight excluding hydrogens is 451 g/mol. The van der Waals surface area contributed by atoms with Gasteiger partial charge in [-0.3, -0.25) is 9.20 Å². The molecule has 0 aliphatic heterocycles. The van der Waals surface area contributed by atoms with Gasteiger partial charge in [0.15, 0.2) is 0 Å². The molecule has 0 aliphatic carbocycles. The number of thioether (sulfide) groups is 1. The second kappa shape index (κ2) is 9.42. The monoisotopic (exact) mass is 468 g/mol. The summed E-state index contributed by atoms with van der Waals surface area (Å²) in [6, 6.07) is 16.0. The van der Waals surface area contributed by atoms with Crippen molar-refractivity contribution in [2.45, 2.75) is 17.6 Å². The lowest BCUT2D eigenvalue weighted by Crippen LogP contribution is -2.19. The number of rotatable bonds is 5. The molecule has 0 spiro atoms. The molecule has 0 saturated carbocycles. The Labute approximate surface area is 192 Å². The van der Waals surface area contributed by atoms with Crippen LogP contribution in [0.2, 0.25) is 5.02 Å². The van der Waals surface area contributed by atoms with Gasteiger partial charge in [-0.1, -0.05) is 29.8 Å². The van der Waals surface area contributed by atoms with E-state index < -0.39 is 11.8 Å². The van der Waals surface area contributed by atoms with E-state index in [2.05, 4.69) is 15.6 Å². The second-order valence-electron chi connectivity index (χ2n) is 7.01. The number of hydrogen-bond acceptors (Lipinski definition) is 4. The van der Waals surface area contributed by atoms with Crippen molar-refractivity contribution in [1.29, 1.82) is 0 Å². The Hall–Kier alpha value is -3.36. The van der Waals surface area contributed by atoms with Crippen LogP contribution in [0.3, 0.4) is 0 Å². The van der Waals surface area contributed by atoms with E-state index in [1.807, 2.05) is 31.2 Å². The van der Waals surface area contributed by atoms with E-state index in [-0.39, 0.29) is 10.6 Å². The van der Waals surface area contributed by atoms with E-state index in [9.17, 15) is 14.0 Å². The van der Waals surface area contributed by atoms with Gasteiger partial charge in [-0.2, -0.15) is 0 Å². The van der Waals surface area contributed by atoms with Crippen molar-refractivity contribution in [3.63, 3.8) is 0 Å². The van der Waals surface area contributed by atoms with Crippen LogP contribution in [-0.4, -0.2) is 15.4 Å². The lowest BCUT2D eigenvalue weighted by Gasteiger charge is -2.12. The molecule has 6 nitrogen and oxygen atoms in total. The molecule has 2 heterocycles. The summed E-state index contributed by atoms with van der Waals surface area (Å²) < 4.78 is 14.8. The minimum atomic E-state index is -0.559. The minimum absolute atomic E-state index is 0.0762. The third-order valence-electron chi connectivity index (χ3n) is 4.55. The zero-order valence-electron chi connectivity index (χ0n) is 16.9. The van der Waals surface area contributed by atoms with Crippen LogP contribution < -0.4 is 16.2 Å². The Kier molecular flexibility index (Phi) is 6.43. The molecule has 0 radical (unpaired) electrons. The zero-order chi connectivity index (χ0) is 22.7. The SMILES string of the molecule is Cc1ccc2nc(CSc3ccccc3NC(=O)Nc3ccc(F)c(Cl)c3)cc(=O)n2c1. The average Bonchev–Trinajstić information content (AvgIpc) is 2.76. The number of fused-ring (bicyclic) bond motifs is 1. The molecule has 0 unspecified atom stereocenters. The number of pyridine rings is 1. The summed E-state index contributed by atoms with van der Waals surface area (Å²) in [5, 5.41) is 5.33. The number of hydrogen-bond donors (Lipinski definition) is 2. The van der Waals surface area contributed by atoms with Crippen molar-refractivity contribution in [2.24, 2.45) is 0 Å². The number of amides is 2. The van der Waals surface area contributed by atoms with Gasteiger partial charge < -0.3 is 10.6 Å². The van der Waals surface area contributed by atoms with Crippen LogP contribution in [0.25, 0.3) is 5.65 Å². The van der Waals surface area contributed by atoms with Gasteiger partial charge in [-0.15, -0.1) is 11.8 Å². The van der Waals surface area contributed by atoms with Gasteiger partial charge in [0.05, 0.1) is 16.4 Å². The Morgan fingerprint density at radius 2 is 1.94 bits per heavy atom. The molecule has 4 rings (SSSR count). The number of nitrogens with zero attached hydrogens (tertiary/aromatic N) is 2. The van der Waals surface area contributed by atoms with Gasteiger partial charge in [0.25, 0.3) is 5.56 Å². The van der Waals surface area contributed by atoms with Crippen molar-refractivity contribution >= 4 is 46.4 Å². The smallest absolute Gasteiger partial charge is 0.308 e. The molecule has 0 fully saturated rings. The molecule has 0 atom stereocenters. The van der Waals surface area contributed by atoms with Crippen LogP contribution in [0.15, 0.2) is 76.6 Å². The first-order valence-corrected chi connectivity index (χ1v) is 11.0. The van der Waals surface area contributed by atoms with E-state index in [1.165, 1.54) is 40.4 Å². The lowest BCUT2D eigenvalue weighted by atomic mass is 10.3. The number of benzene rings is 2. The van der Waals surface area contributed by atoms with Gasteiger partial charge >= 0.3 is 6.03 Å². The molecule has 0 aliphatic rings. The van der Waals surface area contributed by atoms with E-state index in [1.54, 1.807) is 18.3 Å². The number of urea groups is 1. The van der Waals surface area contributed by atoms with Crippen molar-refractivity contribution in [1.82, 2.24) is 9.38 Å². The lowest BCUT2D eigenvalue weighted by molar-refractivity contribution is 0.262. The number of nitrogens with one attached hydrogen (secondary N) is 2. The first kappa shape index (κ1) is 21.9. The quantitative estimate of drug-likeness (QED) is 0.367. The van der Waals surface area contributed by atoms with Crippen LogP contribution in [0.1, 0.15) is 11.3 Å². The third-order valence-corrected chi connectivity index (χ3v) is 5.95. The van der Waals surface area contributed by atoms with E-state index >= 15 is 0 Å². The van der Waals surface area contributed by atoms with Gasteiger partial charge in [0, 0.05) is 28.6 Å². The van der Waals surface area contributed by atoms with Gasteiger partial charge in [0.1, 0.15) is 11.5 Å². The van der Waals surface area contributed by atoms with Crippen LogP contribution in [-0.2, 0) is 5.75 Å². The summed E-state index contributed by atoms with van der Waals surface area (Å²) in [5.74, 6) is -0.107. The molecular formula is C23H18ClFN4O2S. The fourth-order valence-corrected chi connectivity index (χ4v) is 4.12. The highest BCUT2D eigenvalue weighted by atomic mass is 35.5. The summed E-state index contributed by atoms with van der Waals surface area (Å²) in [5.41, 5.74) is 3.03. The van der Waals surface area contributed by atoms with Gasteiger partial charge in [-0.25, -0.2) is 14.2 Å². The molecule has 9 heteroatoms. The fraction of sp³-hybridized carbons (Fsp3) is 0.0870. The predicted octanol–water partition coefficient (Wildman–Crippen LogP) is 5.73. The minimum Gasteiger partial charge on any atom is -0.308 e. The molecule has 4 aromatic rings. The molecule has 0 bridgehead atoms. The van der Waals surface area contributed by atoms with Crippen molar-refractivity contribution in [3.05, 3.63) is 99.3 Å². The number of anilines is 2. The maximum Gasteiger partial charge on any atom is 0.323 e. The molecule has 162 valence electrons. The predicted molar refractivity (Wildman–Crippen MR) is 126 cm³/mol. The van der Waals surface area contributed by atoms with Crippen LogP contribution in [0.5, 0.6) is 0 Å². The summed E-state index contributed by atoms with van der Waals surface area (Å²) in [4.78, 5) is 30.2. The normalized spacial score (nSPS) is 10.8. The van der Waals surface area contributed by atoms with E-state index in [0.717, 1.165) is 10.5 Å². The van der Waals surface area contributed by atoms with Crippen molar-refractivity contribution < 1.29 is 9.18 Å². The summed E-state index contributed by atoms with van der Waals surface area (Å²) >= 11 is 7.21. The summed E-state index contributed by atoms with van der Waals surface area (Å²) in [6.45, 7) is 1.92. The Bertz CT molecular complexity index is 1380. The largest absolute Gasteiger partial charge is 0.323 e. The Morgan fingerprint density at radius 1 is 1.12 bits per heavy atom.